The molecule has 0 fully saturated rings. The highest BCUT2D eigenvalue weighted by molar-refractivity contribution is 5.94. The maximum atomic E-state index is 11.7. The van der Waals surface area contributed by atoms with Crippen molar-refractivity contribution in [1.29, 1.82) is 0 Å². The summed E-state index contributed by atoms with van der Waals surface area (Å²) in [5, 5.41) is 2.69. The largest absolute Gasteiger partial charge is 0.465 e. The molecule has 6 nitrogen and oxygen atoms in total. The summed E-state index contributed by atoms with van der Waals surface area (Å²) in [6, 6.07) is 5.85. The quantitative estimate of drug-likeness (QED) is 0.805. The van der Waals surface area contributed by atoms with Crippen LogP contribution in [0.3, 0.4) is 0 Å². The Balaban J connectivity index is 2.52. The van der Waals surface area contributed by atoms with Crippen LogP contribution in [0, 0.1) is 0 Å². The molecule has 0 aliphatic heterocycles. The second-order valence-electron chi connectivity index (χ2n) is 4.52. The molecule has 0 radical (unpaired) electrons. The molecule has 0 aliphatic rings. The number of methoxy groups -OCH3 is 1. The SMILES string of the molecule is CCC(C)NC(=O)COC(=O)c1ccc(C(=O)OC)cc1. The number of carbonyl (C=O) groups is 3. The molecule has 1 atom stereocenters. The van der Waals surface area contributed by atoms with E-state index < -0.39 is 11.9 Å². The normalized spacial score (nSPS) is 11.4. The van der Waals surface area contributed by atoms with E-state index >= 15 is 0 Å². The lowest BCUT2D eigenvalue weighted by atomic mass is 10.1. The van der Waals surface area contributed by atoms with Gasteiger partial charge < -0.3 is 14.8 Å². The first-order chi connectivity index (χ1) is 9.97. The minimum absolute atomic E-state index is 0.0375. The van der Waals surface area contributed by atoms with Gasteiger partial charge in [0.05, 0.1) is 18.2 Å². The maximum absolute atomic E-state index is 11.7. The maximum Gasteiger partial charge on any atom is 0.338 e. The van der Waals surface area contributed by atoms with Crippen molar-refractivity contribution >= 4 is 17.8 Å². The summed E-state index contributed by atoms with van der Waals surface area (Å²) in [7, 11) is 1.28. The summed E-state index contributed by atoms with van der Waals surface area (Å²) >= 11 is 0. The zero-order chi connectivity index (χ0) is 15.8. The molecular formula is C15H19NO5. The van der Waals surface area contributed by atoms with Gasteiger partial charge in [-0.3, -0.25) is 4.79 Å². The molecule has 0 heterocycles. The van der Waals surface area contributed by atoms with Crippen LogP contribution in [-0.4, -0.2) is 37.6 Å². The Morgan fingerprint density at radius 2 is 1.62 bits per heavy atom. The predicted octanol–water partition coefficient (Wildman–Crippen LogP) is 1.54. The highest BCUT2D eigenvalue weighted by Gasteiger charge is 2.12. The fourth-order valence-corrected chi connectivity index (χ4v) is 1.49. The number of carbonyl (C=O) groups excluding carboxylic acids is 3. The zero-order valence-corrected chi connectivity index (χ0v) is 12.3. The molecule has 1 rings (SSSR count). The molecule has 0 spiro atoms. The third kappa shape index (κ3) is 5.25. The third-order valence-electron chi connectivity index (χ3n) is 2.90. The van der Waals surface area contributed by atoms with Gasteiger partial charge in [0.25, 0.3) is 5.91 Å². The highest BCUT2D eigenvalue weighted by atomic mass is 16.5. The lowest BCUT2D eigenvalue weighted by Crippen LogP contribution is -2.35. The molecule has 0 aromatic heterocycles. The number of ether oxygens (including phenoxy) is 2. The van der Waals surface area contributed by atoms with Gasteiger partial charge >= 0.3 is 11.9 Å². The summed E-state index contributed by atoms with van der Waals surface area (Å²) in [6.45, 7) is 3.48. The van der Waals surface area contributed by atoms with Gasteiger partial charge in [0.2, 0.25) is 0 Å². The van der Waals surface area contributed by atoms with Crippen molar-refractivity contribution in [2.75, 3.05) is 13.7 Å². The Labute approximate surface area is 123 Å². The first kappa shape index (κ1) is 16.7. The van der Waals surface area contributed by atoms with E-state index in [4.69, 9.17) is 4.74 Å². The van der Waals surface area contributed by atoms with Crippen LogP contribution in [-0.2, 0) is 14.3 Å². The number of rotatable bonds is 6. The fraction of sp³-hybridized carbons (Fsp3) is 0.400. The van der Waals surface area contributed by atoms with E-state index in [1.165, 1.54) is 31.4 Å². The van der Waals surface area contributed by atoms with E-state index in [0.717, 1.165) is 6.42 Å². The van der Waals surface area contributed by atoms with Gasteiger partial charge in [-0.05, 0) is 37.6 Å². The number of hydrogen-bond donors (Lipinski definition) is 1. The lowest BCUT2D eigenvalue weighted by molar-refractivity contribution is -0.124. The van der Waals surface area contributed by atoms with Crippen molar-refractivity contribution in [1.82, 2.24) is 5.32 Å². The molecule has 0 bridgehead atoms. The fourth-order valence-electron chi connectivity index (χ4n) is 1.49. The summed E-state index contributed by atoms with van der Waals surface area (Å²) in [4.78, 5) is 34.5. The summed E-state index contributed by atoms with van der Waals surface area (Å²) in [5.74, 6) is -1.45. The van der Waals surface area contributed by atoms with Crippen LogP contribution in [0.1, 0.15) is 41.0 Å². The Morgan fingerprint density at radius 1 is 1.10 bits per heavy atom. The molecule has 0 saturated heterocycles. The molecular weight excluding hydrogens is 274 g/mol. The van der Waals surface area contributed by atoms with Crippen molar-refractivity contribution in [3.8, 4) is 0 Å². The zero-order valence-electron chi connectivity index (χ0n) is 12.3. The van der Waals surface area contributed by atoms with Gasteiger partial charge in [-0.15, -0.1) is 0 Å². The van der Waals surface area contributed by atoms with E-state index in [9.17, 15) is 14.4 Å². The Morgan fingerprint density at radius 3 is 2.10 bits per heavy atom. The first-order valence-corrected chi connectivity index (χ1v) is 6.62. The van der Waals surface area contributed by atoms with Crippen LogP contribution < -0.4 is 5.32 Å². The highest BCUT2D eigenvalue weighted by Crippen LogP contribution is 2.07. The Hall–Kier alpha value is -2.37. The van der Waals surface area contributed by atoms with Gasteiger partial charge in [0.1, 0.15) is 0 Å². The van der Waals surface area contributed by atoms with Crippen molar-refractivity contribution in [2.45, 2.75) is 26.3 Å². The van der Waals surface area contributed by atoms with E-state index in [2.05, 4.69) is 10.1 Å². The number of nitrogens with one attached hydrogen (secondary N) is 1. The molecule has 1 amide bonds. The van der Waals surface area contributed by atoms with E-state index in [0.29, 0.717) is 5.56 Å². The number of benzene rings is 1. The van der Waals surface area contributed by atoms with Crippen LogP contribution >= 0.6 is 0 Å². The van der Waals surface area contributed by atoms with Crippen LogP contribution in [0.15, 0.2) is 24.3 Å². The molecule has 6 heteroatoms. The Kier molecular flexibility index (Phi) is 6.39. The summed E-state index contributed by atoms with van der Waals surface area (Å²) in [5.41, 5.74) is 0.600. The topological polar surface area (TPSA) is 81.7 Å². The molecule has 1 unspecified atom stereocenters. The van der Waals surface area contributed by atoms with Crippen LogP contribution in [0.2, 0.25) is 0 Å². The second kappa shape index (κ2) is 8.04. The molecule has 21 heavy (non-hydrogen) atoms. The smallest absolute Gasteiger partial charge is 0.338 e. The minimum atomic E-state index is -0.620. The van der Waals surface area contributed by atoms with Crippen molar-refractivity contribution in [3.63, 3.8) is 0 Å². The molecule has 0 saturated carbocycles. The van der Waals surface area contributed by atoms with E-state index in [1.807, 2.05) is 13.8 Å². The van der Waals surface area contributed by atoms with Gasteiger partial charge in [0, 0.05) is 6.04 Å². The van der Waals surface area contributed by atoms with Crippen LogP contribution in [0.5, 0.6) is 0 Å². The van der Waals surface area contributed by atoms with Crippen LogP contribution in [0.25, 0.3) is 0 Å². The standard InChI is InChI=1S/C15H19NO5/c1-4-10(2)16-13(17)9-21-15(19)12-7-5-11(6-8-12)14(18)20-3/h5-8,10H,4,9H2,1-3H3,(H,16,17). The predicted molar refractivity (Wildman–Crippen MR) is 76.0 cm³/mol. The number of amides is 1. The van der Waals surface area contributed by atoms with Gasteiger partial charge in [0.15, 0.2) is 6.61 Å². The van der Waals surface area contributed by atoms with Gasteiger partial charge in [-0.1, -0.05) is 6.92 Å². The average Bonchev–Trinajstić information content (AvgIpc) is 2.51. The summed E-state index contributed by atoms with van der Waals surface area (Å²) < 4.78 is 9.45. The number of hydrogen-bond acceptors (Lipinski definition) is 5. The van der Waals surface area contributed by atoms with E-state index in [-0.39, 0.29) is 24.1 Å². The first-order valence-electron chi connectivity index (χ1n) is 6.62. The van der Waals surface area contributed by atoms with Gasteiger partial charge in [-0.2, -0.15) is 0 Å². The molecule has 114 valence electrons. The molecule has 1 N–H and O–H groups in total. The lowest BCUT2D eigenvalue weighted by Gasteiger charge is -2.11. The summed E-state index contributed by atoms with van der Waals surface area (Å²) in [6.07, 6.45) is 0.800. The average molecular weight is 293 g/mol. The Bertz CT molecular complexity index is 509. The molecule has 1 aromatic rings. The third-order valence-corrected chi connectivity index (χ3v) is 2.90. The van der Waals surface area contributed by atoms with Gasteiger partial charge in [-0.25, -0.2) is 9.59 Å². The molecule has 1 aromatic carbocycles. The van der Waals surface area contributed by atoms with E-state index in [1.54, 1.807) is 0 Å². The molecule has 0 aliphatic carbocycles. The van der Waals surface area contributed by atoms with Crippen molar-refractivity contribution in [3.05, 3.63) is 35.4 Å². The minimum Gasteiger partial charge on any atom is -0.465 e. The monoisotopic (exact) mass is 293 g/mol. The van der Waals surface area contributed by atoms with Crippen LogP contribution in [0.4, 0.5) is 0 Å². The van der Waals surface area contributed by atoms with Crippen molar-refractivity contribution < 1.29 is 23.9 Å². The second-order valence-corrected chi connectivity index (χ2v) is 4.52. The van der Waals surface area contributed by atoms with Crippen molar-refractivity contribution in [2.24, 2.45) is 0 Å². The number of esters is 2.